The van der Waals surface area contributed by atoms with Crippen molar-refractivity contribution in [1.29, 1.82) is 0 Å². The number of ether oxygens (including phenoxy) is 1. The number of alkyl halides is 2. The van der Waals surface area contributed by atoms with E-state index in [1.54, 1.807) is 0 Å². The van der Waals surface area contributed by atoms with Gasteiger partial charge in [-0.05, 0) is 92.7 Å². The average molecular weight is 494 g/mol. The van der Waals surface area contributed by atoms with Crippen LogP contribution in [0.1, 0.15) is 38.5 Å². The quantitative estimate of drug-likeness (QED) is 0.271. The zero-order valence-electron chi connectivity index (χ0n) is 19.7. The van der Waals surface area contributed by atoms with Crippen molar-refractivity contribution in [3.05, 3.63) is 91.0 Å². The molecule has 0 spiro atoms. The molecule has 0 N–H and O–H groups in total. The third kappa shape index (κ3) is 5.61. The van der Waals surface area contributed by atoms with Gasteiger partial charge in [-0.3, -0.25) is 0 Å². The Morgan fingerprint density at radius 2 is 1.03 bits per heavy atom. The van der Waals surface area contributed by atoms with E-state index in [0.717, 1.165) is 19.3 Å². The molecule has 0 amide bonds. The molecule has 4 aliphatic carbocycles. The van der Waals surface area contributed by atoms with E-state index in [1.165, 1.54) is 33.9 Å². The summed E-state index contributed by atoms with van der Waals surface area (Å²) in [5.74, 6) is 0.507. The molecule has 5 heteroatoms. The van der Waals surface area contributed by atoms with E-state index in [0.29, 0.717) is 17.8 Å². The Morgan fingerprint density at radius 3 is 1.34 bits per heavy atom. The second kappa shape index (κ2) is 10.5. The fourth-order valence-electron chi connectivity index (χ4n) is 6.49. The Morgan fingerprint density at radius 1 is 0.686 bits per heavy atom. The van der Waals surface area contributed by atoms with Crippen molar-refractivity contribution < 1.29 is 18.3 Å². The van der Waals surface area contributed by atoms with Crippen LogP contribution < -0.4 is 0 Å². The van der Waals surface area contributed by atoms with Crippen LogP contribution in [0.25, 0.3) is 0 Å². The van der Waals surface area contributed by atoms with Crippen LogP contribution in [0, 0.1) is 17.8 Å². The number of carbonyl (C=O) groups is 1. The third-order valence-corrected chi connectivity index (χ3v) is 9.64. The maximum Gasteiger partial charge on any atom is 0.374 e. The molecule has 3 aromatic rings. The number of rotatable bonds is 5. The first-order valence-electron chi connectivity index (χ1n) is 12.4. The Hall–Kier alpha value is -2.66. The van der Waals surface area contributed by atoms with E-state index in [2.05, 4.69) is 91.0 Å². The molecule has 3 aromatic carbocycles. The number of halogens is 2. The molecule has 0 radical (unpaired) electrons. The van der Waals surface area contributed by atoms with Crippen molar-refractivity contribution in [1.82, 2.24) is 0 Å². The standard InChI is InChI=1S/C18H15S.C12H16F2O2/c1-4-10-16(11-5-1)19(17-12-6-2-7-13-17)18-14-8-3-9-15-18;13-10(14)11(15)16-12-4-7-1-8(5-12)3-9(2-7)6-12/h1-15H;7-10H,1-6H2/q+1;. The number of benzene rings is 3. The van der Waals surface area contributed by atoms with Crippen LogP contribution in [0.5, 0.6) is 0 Å². The molecule has 182 valence electrons. The molecule has 2 nitrogen and oxygen atoms in total. The average Bonchev–Trinajstić information content (AvgIpc) is 2.85. The van der Waals surface area contributed by atoms with Gasteiger partial charge in [0.1, 0.15) is 5.60 Å². The van der Waals surface area contributed by atoms with E-state index in [9.17, 15) is 13.6 Å². The molecule has 0 aliphatic heterocycles. The molecule has 35 heavy (non-hydrogen) atoms. The topological polar surface area (TPSA) is 26.3 Å². The molecular formula is C30H31F2O2S+. The van der Waals surface area contributed by atoms with Gasteiger partial charge in [-0.1, -0.05) is 54.6 Å². The van der Waals surface area contributed by atoms with E-state index >= 15 is 0 Å². The fraction of sp³-hybridized carbons (Fsp3) is 0.367. The van der Waals surface area contributed by atoms with E-state index in [4.69, 9.17) is 4.74 Å². The minimum atomic E-state index is -2.98. The lowest BCUT2D eigenvalue weighted by Gasteiger charge is -2.55. The summed E-state index contributed by atoms with van der Waals surface area (Å²) in [6.07, 6.45) is 3.11. The second-order valence-corrected chi connectivity index (χ2v) is 12.1. The highest BCUT2D eigenvalue weighted by Gasteiger charge is 2.53. The Balaban J connectivity index is 0.000000147. The van der Waals surface area contributed by atoms with Crippen molar-refractivity contribution in [2.24, 2.45) is 17.8 Å². The minimum absolute atomic E-state index is 0.0146. The van der Waals surface area contributed by atoms with Crippen molar-refractivity contribution in [3.63, 3.8) is 0 Å². The third-order valence-electron chi connectivity index (χ3n) is 7.41. The van der Waals surface area contributed by atoms with Gasteiger partial charge in [0.15, 0.2) is 14.7 Å². The molecule has 4 aliphatic rings. The van der Waals surface area contributed by atoms with Crippen molar-refractivity contribution in [2.75, 3.05) is 0 Å². The Labute approximate surface area is 209 Å². The van der Waals surface area contributed by atoms with E-state index < -0.39 is 18.0 Å². The zero-order chi connectivity index (χ0) is 24.3. The number of hydrogen-bond acceptors (Lipinski definition) is 2. The molecule has 7 rings (SSSR count). The van der Waals surface area contributed by atoms with Crippen LogP contribution in [0.2, 0.25) is 0 Å². The number of carbonyl (C=O) groups excluding carboxylic acids is 1. The van der Waals surface area contributed by atoms with Gasteiger partial charge < -0.3 is 4.74 Å². The van der Waals surface area contributed by atoms with Gasteiger partial charge in [0.05, 0.1) is 10.9 Å². The van der Waals surface area contributed by atoms with Crippen molar-refractivity contribution in [3.8, 4) is 0 Å². The predicted molar refractivity (Wildman–Crippen MR) is 134 cm³/mol. The maximum atomic E-state index is 12.2. The van der Waals surface area contributed by atoms with Gasteiger partial charge in [-0.2, -0.15) is 8.78 Å². The molecule has 0 heterocycles. The molecule has 0 aromatic heterocycles. The maximum absolute atomic E-state index is 12.2. The second-order valence-electron chi connectivity index (χ2n) is 10.1. The number of esters is 1. The first-order chi connectivity index (χ1) is 17.0. The van der Waals surface area contributed by atoms with Gasteiger partial charge in [0, 0.05) is 0 Å². The van der Waals surface area contributed by atoms with Gasteiger partial charge in [-0.25, -0.2) is 4.79 Å². The molecule has 4 fully saturated rings. The predicted octanol–water partition coefficient (Wildman–Crippen LogP) is 7.55. The smallest absolute Gasteiger partial charge is 0.374 e. The summed E-state index contributed by atoms with van der Waals surface area (Å²) in [5.41, 5.74) is -0.526. The van der Waals surface area contributed by atoms with Gasteiger partial charge in [0.2, 0.25) is 0 Å². The van der Waals surface area contributed by atoms with Crippen molar-refractivity contribution >= 4 is 16.9 Å². The summed E-state index contributed by atoms with van der Waals surface area (Å²) in [6.45, 7) is 0. The summed E-state index contributed by atoms with van der Waals surface area (Å²) in [6, 6.07) is 32.2. The Kier molecular flexibility index (Phi) is 7.24. The summed E-state index contributed by atoms with van der Waals surface area (Å²) in [7, 11) is -0.0146. The van der Waals surface area contributed by atoms with Crippen LogP contribution in [-0.4, -0.2) is 18.0 Å². The molecule has 4 bridgehead atoms. The zero-order valence-corrected chi connectivity index (χ0v) is 20.5. The molecule has 4 saturated carbocycles. The van der Waals surface area contributed by atoms with Gasteiger partial charge in [-0.15, -0.1) is 0 Å². The molecular weight excluding hydrogens is 462 g/mol. The lowest BCUT2D eigenvalue weighted by Crippen LogP contribution is -2.53. The number of hydrogen-bond donors (Lipinski definition) is 0. The molecule has 0 atom stereocenters. The Bertz CT molecular complexity index is 976. The molecule has 0 saturated heterocycles. The SMILES string of the molecule is O=C(OC12CC3CC(CC(C3)C1)C2)C(F)F.c1ccc([S+](c2ccccc2)c2ccccc2)cc1. The van der Waals surface area contributed by atoms with Crippen LogP contribution in [0.3, 0.4) is 0 Å². The van der Waals surface area contributed by atoms with Crippen LogP contribution in [0.4, 0.5) is 8.78 Å². The van der Waals surface area contributed by atoms with Gasteiger partial charge >= 0.3 is 12.4 Å². The van der Waals surface area contributed by atoms with Crippen LogP contribution in [-0.2, 0) is 20.4 Å². The van der Waals surface area contributed by atoms with E-state index in [-0.39, 0.29) is 10.9 Å². The summed E-state index contributed by atoms with van der Waals surface area (Å²) >= 11 is 0. The minimum Gasteiger partial charge on any atom is -0.455 e. The normalized spacial score (nSPS) is 26.3. The van der Waals surface area contributed by atoms with E-state index in [1.807, 2.05) is 0 Å². The summed E-state index contributed by atoms with van der Waals surface area (Å²) in [4.78, 5) is 15.1. The lowest BCUT2D eigenvalue weighted by atomic mass is 9.54. The monoisotopic (exact) mass is 493 g/mol. The van der Waals surface area contributed by atoms with Crippen LogP contribution in [0.15, 0.2) is 106 Å². The summed E-state index contributed by atoms with van der Waals surface area (Å²) in [5, 5.41) is 0. The first-order valence-corrected chi connectivity index (χ1v) is 13.6. The van der Waals surface area contributed by atoms with Crippen LogP contribution >= 0.6 is 0 Å². The highest BCUT2D eigenvalue weighted by molar-refractivity contribution is 7.97. The lowest BCUT2D eigenvalue weighted by molar-refractivity contribution is -0.197. The first kappa shape index (κ1) is 24.1. The van der Waals surface area contributed by atoms with Crippen molar-refractivity contribution in [2.45, 2.75) is 65.2 Å². The largest absolute Gasteiger partial charge is 0.455 e. The highest BCUT2D eigenvalue weighted by Crippen LogP contribution is 2.57. The molecule has 0 unspecified atom stereocenters. The fourth-order valence-corrected chi connectivity index (χ4v) is 8.60. The van der Waals surface area contributed by atoms with Gasteiger partial charge in [0.25, 0.3) is 0 Å². The summed E-state index contributed by atoms with van der Waals surface area (Å²) < 4.78 is 29.6. The highest BCUT2D eigenvalue weighted by atomic mass is 32.2.